The first-order valence-electron chi connectivity index (χ1n) is 6.58. The van der Waals surface area contributed by atoms with Gasteiger partial charge in [-0.15, -0.1) is 11.8 Å². The van der Waals surface area contributed by atoms with Gasteiger partial charge in [0.1, 0.15) is 0 Å². The fraction of sp³-hybridized carbons (Fsp3) is 0.571. The molecule has 0 bridgehead atoms. The summed E-state index contributed by atoms with van der Waals surface area (Å²) >= 11 is 1.83. The van der Waals surface area contributed by atoms with Crippen molar-refractivity contribution >= 4 is 17.4 Å². The van der Waals surface area contributed by atoms with Gasteiger partial charge in [-0.2, -0.15) is 0 Å². The number of benzene rings is 1. The summed E-state index contributed by atoms with van der Waals surface area (Å²) < 4.78 is 0. The Morgan fingerprint density at radius 1 is 1.22 bits per heavy atom. The number of rotatable bonds is 3. The number of aryl methyl sites for hydroxylation is 1. The number of hydrogen-bond donors (Lipinski definition) is 0. The minimum atomic E-state index is -0.309. The first-order valence-corrected chi connectivity index (χ1v) is 7.46. The molecular formula is C14H19NO2S. The van der Waals surface area contributed by atoms with Crippen LogP contribution in [0.2, 0.25) is 0 Å². The van der Waals surface area contributed by atoms with Gasteiger partial charge < -0.3 is 0 Å². The first kappa shape index (κ1) is 13.4. The minimum Gasteiger partial charge on any atom is -0.258 e. The largest absolute Gasteiger partial charge is 0.270 e. The number of non-ortho nitro benzene ring substituents is 1. The van der Waals surface area contributed by atoms with Crippen LogP contribution in [-0.4, -0.2) is 10.2 Å². The third-order valence-corrected chi connectivity index (χ3v) is 4.98. The van der Waals surface area contributed by atoms with Gasteiger partial charge in [-0.3, -0.25) is 10.1 Å². The molecule has 0 atom stereocenters. The molecule has 3 nitrogen and oxygen atoms in total. The molecule has 2 rings (SSSR count). The summed E-state index contributed by atoms with van der Waals surface area (Å²) in [5, 5.41) is 11.4. The maximum atomic E-state index is 10.8. The Balaban J connectivity index is 2.11. The number of thioether (sulfide) groups is 1. The number of nitrogens with zero attached hydrogens (tertiary/aromatic N) is 1. The van der Waals surface area contributed by atoms with Crippen molar-refractivity contribution in [3.63, 3.8) is 0 Å². The van der Waals surface area contributed by atoms with Gasteiger partial charge in [0, 0.05) is 22.3 Å². The maximum Gasteiger partial charge on any atom is 0.270 e. The Morgan fingerprint density at radius 3 is 2.50 bits per heavy atom. The van der Waals surface area contributed by atoms with Gasteiger partial charge >= 0.3 is 0 Å². The van der Waals surface area contributed by atoms with Gasteiger partial charge in [0.05, 0.1) is 4.92 Å². The zero-order valence-corrected chi connectivity index (χ0v) is 11.5. The highest BCUT2D eigenvalue weighted by molar-refractivity contribution is 8.00. The second-order valence-electron chi connectivity index (χ2n) is 4.94. The lowest BCUT2D eigenvalue weighted by Crippen LogP contribution is -2.01. The lowest BCUT2D eigenvalue weighted by molar-refractivity contribution is -0.385. The van der Waals surface area contributed by atoms with Crippen LogP contribution in [0.25, 0.3) is 0 Å². The molecule has 0 spiro atoms. The highest BCUT2D eigenvalue weighted by Crippen LogP contribution is 2.35. The van der Waals surface area contributed by atoms with Gasteiger partial charge in [-0.05, 0) is 25.3 Å². The van der Waals surface area contributed by atoms with Gasteiger partial charge in [0.2, 0.25) is 0 Å². The van der Waals surface area contributed by atoms with Crippen molar-refractivity contribution in [2.75, 3.05) is 0 Å². The van der Waals surface area contributed by atoms with Crippen molar-refractivity contribution in [2.45, 2.75) is 55.6 Å². The van der Waals surface area contributed by atoms with Crippen LogP contribution in [0.5, 0.6) is 0 Å². The van der Waals surface area contributed by atoms with Crippen LogP contribution in [0.4, 0.5) is 5.69 Å². The normalized spacial score (nSPS) is 17.4. The molecule has 0 amide bonds. The molecule has 1 aromatic rings. The van der Waals surface area contributed by atoms with Crippen LogP contribution in [0.1, 0.15) is 44.1 Å². The molecule has 1 aromatic carbocycles. The monoisotopic (exact) mass is 265 g/mol. The third kappa shape index (κ3) is 3.48. The molecule has 98 valence electrons. The lowest BCUT2D eigenvalue weighted by atomic mass is 10.2. The standard InChI is InChI=1S/C14H19NO2S/c1-11-8-9-12(15(16)17)10-14(11)18-13-6-4-2-3-5-7-13/h8-10,13H,2-7H2,1H3. The maximum absolute atomic E-state index is 10.8. The number of nitro benzene ring substituents is 1. The van der Waals surface area contributed by atoms with E-state index in [1.54, 1.807) is 12.1 Å². The van der Waals surface area contributed by atoms with Crippen molar-refractivity contribution in [1.29, 1.82) is 0 Å². The molecule has 4 heteroatoms. The van der Waals surface area contributed by atoms with Crippen LogP contribution in [0, 0.1) is 17.0 Å². The molecule has 0 heterocycles. The summed E-state index contributed by atoms with van der Waals surface area (Å²) in [6, 6.07) is 5.18. The van der Waals surface area contributed by atoms with E-state index in [1.165, 1.54) is 38.5 Å². The van der Waals surface area contributed by atoms with E-state index < -0.39 is 0 Å². The molecule has 0 saturated heterocycles. The highest BCUT2D eigenvalue weighted by atomic mass is 32.2. The number of hydrogen-bond acceptors (Lipinski definition) is 3. The molecule has 0 aromatic heterocycles. The van der Waals surface area contributed by atoms with E-state index in [4.69, 9.17) is 0 Å². The topological polar surface area (TPSA) is 43.1 Å². The highest BCUT2D eigenvalue weighted by Gasteiger charge is 2.16. The summed E-state index contributed by atoms with van der Waals surface area (Å²) in [6.07, 6.45) is 7.76. The minimum absolute atomic E-state index is 0.205. The van der Waals surface area contributed by atoms with E-state index in [0.717, 1.165) is 10.5 Å². The Labute approximate surface area is 112 Å². The van der Waals surface area contributed by atoms with Gasteiger partial charge in [-0.25, -0.2) is 0 Å². The average molecular weight is 265 g/mol. The molecule has 1 fully saturated rings. The van der Waals surface area contributed by atoms with E-state index in [2.05, 4.69) is 0 Å². The Hall–Kier alpha value is -1.03. The van der Waals surface area contributed by atoms with Gasteiger partial charge in [-0.1, -0.05) is 31.7 Å². The summed E-state index contributed by atoms with van der Waals surface area (Å²) in [5.74, 6) is 0. The van der Waals surface area contributed by atoms with Crippen molar-refractivity contribution in [2.24, 2.45) is 0 Å². The van der Waals surface area contributed by atoms with Crippen LogP contribution in [0.15, 0.2) is 23.1 Å². The second-order valence-corrected chi connectivity index (χ2v) is 6.28. The smallest absolute Gasteiger partial charge is 0.258 e. The van der Waals surface area contributed by atoms with Crippen molar-refractivity contribution in [3.8, 4) is 0 Å². The predicted octanol–water partition coefficient (Wildman–Crippen LogP) is 4.72. The molecule has 0 unspecified atom stereocenters. The summed E-state index contributed by atoms with van der Waals surface area (Å²) in [5.41, 5.74) is 1.35. The fourth-order valence-corrected chi connectivity index (χ4v) is 3.74. The SMILES string of the molecule is Cc1ccc([N+](=O)[O-])cc1SC1CCCCCC1. The van der Waals surface area contributed by atoms with Crippen LogP contribution in [-0.2, 0) is 0 Å². The Kier molecular flexibility index (Phi) is 4.64. The third-order valence-electron chi connectivity index (χ3n) is 3.48. The second kappa shape index (κ2) is 6.23. The predicted molar refractivity (Wildman–Crippen MR) is 75.2 cm³/mol. The quantitative estimate of drug-likeness (QED) is 0.451. The average Bonchev–Trinajstić information content (AvgIpc) is 2.60. The van der Waals surface area contributed by atoms with Crippen molar-refractivity contribution in [3.05, 3.63) is 33.9 Å². The van der Waals surface area contributed by atoms with E-state index in [-0.39, 0.29) is 10.6 Å². The van der Waals surface area contributed by atoms with E-state index >= 15 is 0 Å². The molecule has 0 N–H and O–H groups in total. The van der Waals surface area contributed by atoms with Crippen LogP contribution >= 0.6 is 11.8 Å². The van der Waals surface area contributed by atoms with Crippen LogP contribution < -0.4 is 0 Å². The molecule has 18 heavy (non-hydrogen) atoms. The molecule has 1 aliphatic rings. The summed E-state index contributed by atoms with van der Waals surface area (Å²) in [6.45, 7) is 2.03. The van der Waals surface area contributed by atoms with Crippen LogP contribution in [0.3, 0.4) is 0 Å². The molecule has 0 aliphatic heterocycles. The molecular weight excluding hydrogens is 246 g/mol. The molecule has 1 saturated carbocycles. The zero-order valence-electron chi connectivity index (χ0n) is 10.7. The summed E-state index contributed by atoms with van der Waals surface area (Å²) in [4.78, 5) is 11.6. The van der Waals surface area contributed by atoms with Gasteiger partial charge in [0.15, 0.2) is 0 Å². The fourth-order valence-electron chi connectivity index (χ4n) is 2.37. The first-order chi connectivity index (χ1) is 8.66. The molecule has 1 aliphatic carbocycles. The summed E-state index contributed by atoms with van der Waals surface area (Å²) in [7, 11) is 0. The van der Waals surface area contributed by atoms with E-state index in [1.807, 2.05) is 24.8 Å². The van der Waals surface area contributed by atoms with Crippen molar-refractivity contribution < 1.29 is 4.92 Å². The zero-order chi connectivity index (χ0) is 13.0. The molecule has 0 radical (unpaired) electrons. The van der Waals surface area contributed by atoms with E-state index in [0.29, 0.717) is 5.25 Å². The Bertz CT molecular complexity index is 426. The Morgan fingerprint density at radius 2 is 1.89 bits per heavy atom. The number of nitro groups is 1. The van der Waals surface area contributed by atoms with Crippen molar-refractivity contribution in [1.82, 2.24) is 0 Å². The van der Waals surface area contributed by atoms with E-state index in [9.17, 15) is 10.1 Å². The van der Waals surface area contributed by atoms with Gasteiger partial charge in [0.25, 0.3) is 5.69 Å². The lowest BCUT2D eigenvalue weighted by Gasteiger charge is -2.14.